The summed E-state index contributed by atoms with van der Waals surface area (Å²) in [4.78, 5) is 0. The summed E-state index contributed by atoms with van der Waals surface area (Å²) in [5.74, 6) is 0. The maximum Gasteiger partial charge on any atom is -0.0235 e. The van der Waals surface area contributed by atoms with E-state index in [2.05, 4.69) is 72.8 Å². The van der Waals surface area contributed by atoms with Gasteiger partial charge in [-0.3, -0.25) is 0 Å². The Morgan fingerprint density at radius 3 is 0.583 bits per heavy atom. The van der Waals surface area contributed by atoms with Crippen molar-refractivity contribution < 1.29 is 0 Å². The molecule has 4 aromatic rings. The van der Waals surface area contributed by atoms with Crippen LogP contribution in [0.1, 0.15) is 66.8 Å². The van der Waals surface area contributed by atoms with E-state index in [4.69, 9.17) is 0 Å². The van der Waals surface area contributed by atoms with Crippen molar-refractivity contribution in [1.82, 2.24) is 0 Å². The van der Waals surface area contributed by atoms with Crippen molar-refractivity contribution in [3.05, 3.63) is 140 Å². The average molecular weight is 469 g/mol. The van der Waals surface area contributed by atoms with E-state index < -0.39 is 0 Å². The molecule has 16 rings (SSSR count). The Kier molecular flexibility index (Phi) is 5.77. The van der Waals surface area contributed by atoms with Crippen LogP contribution >= 0.6 is 0 Å². The largest absolute Gasteiger partial charge is 0.0588 e. The highest BCUT2D eigenvalue weighted by atomic mass is 14.2. The van der Waals surface area contributed by atoms with Crippen LogP contribution in [0, 0.1) is 0 Å². The van der Waals surface area contributed by atoms with Crippen LogP contribution in [-0.2, 0) is 77.0 Å². The molecule has 12 aliphatic rings. The minimum absolute atomic E-state index is 1.15. The Labute approximate surface area is 216 Å². The molecule has 0 atom stereocenters. The summed E-state index contributed by atoms with van der Waals surface area (Å²) in [5, 5.41) is 0. The first kappa shape index (κ1) is 22.1. The molecule has 0 nitrogen and oxygen atoms in total. The Bertz CT molecular complexity index is 1180. The number of benzene rings is 4. The molecule has 0 aromatic heterocycles. The van der Waals surface area contributed by atoms with Gasteiger partial charge in [-0.25, -0.2) is 0 Å². The highest BCUT2D eigenvalue weighted by Gasteiger charge is 2.18. The van der Waals surface area contributed by atoms with Crippen molar-refractivity contribution >= 4 is 0 Å². The van der Waals surface area contributed by atoms with E-state index in [-0.39, 0.29) is 0 Å². The third kappa shape index (κ3) is 4.43. The molecule has 12 aliphatic carbocycles. The van der Waals surface area contributed by atoms with Crippen LogP contribution in [0.4, 0.5) is 0 Å². The summed E-state index contributed by atoms with van der Waals surface area (Å²) in [7, 11) is 0. The van der Waals surface area contributed by atoms with Crippen molar-refractivity contribution in [2.24, 2.45) is 0 Å². The van der Waals surface area contributed by atoms with E-state index in [0.717, 1.165) is 51.4 Å². The summed E-state index contributed by atoms with van der Waals surface area (Å²) >= 11 is 0. The molecular weight excluding hydrogens is 432 g/mol. The first-order valence-corrected chi connectivity index (χ1v) is 14.2. The lowest BCUT2D eigenvalue weighted by Crippen LogP contribution is -2.12. The molecule has 0 fully saturated rings. The van der Waals surface area contributed by atoms with Gasteiger partial charge < -0.3 is 0 Å². The van der Waals surface area contributed by atoms with Gasteiger partial charge in [0.15, 0.2) is 0 Å². The zero-order valence-electron chi connectivity index (χ0n) is 21.4. The molecule has 0 heteroatoms. The SMILES string of the molecule is c1cc2ccc1CCc1cc3c(cc1CCc1cc4c(cc1CCc1ccc(cc1)CC4)CC3)CC2. The van der Waals surface area contributed by atoms with Gasteiger partial charge in [-0.2, -0.15) is 0 Å². The topological polar surface area (TPSA) is 0 Å². The van der Waals surface area contributed by atoms with E-state index in [1.807, 2.05) is 0 Å². The molecule has 0 saturated heterocycles. The molecule has 0 aliphatic heterocycles. The normalized spacial score (nSPS) is 16.7. The number of hydrogen-bond acceptors (Lipinski definition) is 0. The van der Waals surface area contributed by atoms with Crippen molar-refractivity contribution in [3.8, 4) is 0 Å². The lowest BCUT2D eigenvalue weighted by Gasteiger charge is -2.23. The van der Waals surface area contributed by atoms with Crippen molar-refractivity contribution in [3.63, 3.8) is 0 Å². The van der Waals surface area contributed by atoms with Crippen LogP contribution < -0.4 is 0 Å². The summed E-state index contributed by atoms with van der Waals surface area (Å²) in [6, 6.07) is 29.4. The molecule has 0 amide bonds. The second-order valence-corrected chi connectivity index (χ2v) is 11.4. The Hall–Kier alpha value is -3.12. The number of rotatable bonds is 0. The van der Waals surface area contributed by atoms with Gasteiger partial charge in [0.2, 0.25) is 0 Å². The maximum absolute atomic E-state index is 2.62. The van der Waals surface area contributed by atoms with E-state index in [1.54, 1.807) is 44.5 Å². The van der Waals surface area contributed by atoms with Gasteiger partial charge in [0.05, 0.1) is 0 Å². The van der Waals surface area contributed by atoms with Crippen molar-refractivity contribution in [2.75, 3.05) is 0 Å². The molecular formula is C36H36. The van der Waals surface area contributed by atoms with Gasteiger partial charge in [0.25, 0.3) is 0 Å². The molecule has 0 radical (unpaired) electrons. The van der Waals surface area contributed by atoms with Crippen LogP contribution in [0.25, 0.3) is 0 Å². The Morgan fingerprint density at radius 2 is 0.389 bits per heavy atom. The molecule has 4 aromatic carbocycles. The monoisotopic (exact) mass is 468 g/mol. The van der Waals surface area contributed by atoms with E-state index in [1.165, 1.54) is 47.9 Å². The van der Waals surface area contributed by atoms with Crippen LogP contribution in [0.15, 0.2) is 72.8 Å². The first-order valence-electron chi connectivity index (χ1n) is 14.2. The Balaban J connectivity index is 1.28. The van der Waals surface area contributed by atoms with Gasteiger partial charge in [-0.1, -0.05) is 72.8 Å². The smallest absolute Gasteiger partial charge is 0.0235 e. The predicted octanol–water partition coefficient (Wildman–Crippen LogP) is 7.34. The third-order valence-electron chi connectivity index (χ3n) is 9.15. The van der Waals surface area contributed by atoms with E-state index >= 15 is 0 Å². The summed E-state index contributed by atoms with van der Waals surface area (Å²) < 4.78 is 0. The third-order valence-corrected chi connectivity index (χ3v) is 9.15. The Morgan fingerprint density at radius 1 is 0.222 bits per heavy atom. The highest BCUT2D eigenvalue weighted by Crippen LogP contribution is 2.30. The zero-order valence-corrected chi connectivity index (χ0v) is 21.4. The van der Waals surface area contributed by atoms with Crippen molar-refractivity contribution in [1.29, 1.82) is 0 Å². The lowest BCUT2D eigenvalue weighted by molar-refractivity contribution is 0.811. The van der Waals surface area contributed by atoms with Crippen LogP contribution in [-0.4, -0.2) is 0 Å². The molecule has 0 N–H and O–H groups in total. The molecule has 36 heavy (non-hydrogen) atoms. The molecule has 0 spiro atoms. The van der Waals surface area contributed by atoms with Gasteiger partial charge >= 0.3 is 0 Å². The van der Waals surface area contributed by atoms with E-state index in [9.17, 15) is 0 Å². The van der Waals surface area contributed by atoms with Gasteiger partial charge in [0.1, 0.15) is 0 Å². The van der Waals surface area contributed by atoms with E-state index in [0.29, 0.717) is 0 Å². The summed E-state index contributed by atoms with van der Waals surface area (Å²) in [6.45, 7) is 0. The fourth-order valence-corrected chi connectivity index (χ4v) is 6.84. The molecule has 180 valence electrons. The maximum atomic E-state index is 2.62. The molecule has 12 bridgehead atoms. The number of hydrogen-bond donors (Lipinski definition) is 0. The second-order valence-electron chi connectivity index (χ2n) is 11.4. The lowest BCUT2D eigenvalue weighted by atomic mass is 9.82. The highest BCUT2D eigenvalue weighted by molar-refractivity contribution is 5.46. The fourth-order valence-electron chi connectivity index (χ4n) is 6.84. The standard InChI is InChI=1S/C36H36/c1-2-26-4-3-25(1)9-13-29-21-34-19-20-36-24-31-15-11-27-5-7-28(8-6-27)12-16-32(36)23-35(31)18-17-33(29)22-30(34)14-10-26/h1-8,21-24H,9-20H2. The first-order chi connectivity index (χ1) is 17.8. The quantitative estimate of drug-likeness (QED) is 0.253. The second kappa shape index (κ2) is 9.40. The van der Waals surface area contributed by atoms with Gasteiger partial charge in [-0.05, 0) is 144 Å². The van der Waals surface area contributed by atoms with Crippen LogP contribution in [0.5, 0.6) is 0 Å². The van der Waals surface area contributed by atoms with Crippen LogP contribution in [0.3, 0.4) is 0 Å². The summed E-state index contributed by atoms with van der Waals surface area (Å²) in [6.07, 6.45) is 13.9. The molecule has 0 heterocycles. The molecule has 0 unspecified atom stereocenters. The predicted molar refractivity (Wildman–Crippen MR) is 150 cm³/mol. The van der Waals surface area contributed by atoms with Gasteiger partial charge in [-0.15, -0.1) is 0 Å². The minimum atomic E-state index is 1.15. The summed E-state index contributed by atoms with van der Waals surface area (Å²) in [5.41, 5.74) is 18.8. The van der Waals surface area contributed by atoms with Crippen LogP contribution in [0.2, 0.25) is 0 Å². The van der Waals surface area contributed by atoms with Gasteiger partial charge in [0, 0.05) is 0 Å². The fraction of sp³-hybridized carbons (Fsp3) is 0.333. The molecule has 0 saturated carbocycles. The zero-order chi connectivity index (χ0) is 23.9. The average Bonchev–Trinajstić information content (AvgIpc) is 2.89. The van der Waals surface area contributed by atoms with Crippen molar-refractivity contribution in [2.45, 2.75) is 77.0 Å². The minimum Gasteiger partial charge on any atom is -0.0588 e. The number of aryl methyl sites for hydroxylation is 12.